The molecule has 2 N–H and O–H groups in total. The molecule has 166 valence electrons. The molecule has 0 bridgehead atoms. The number of aliphatic hydroxyl groups excluding tert-OH is 1. The molecule has 0 aromatic rings. The lowest BCUT2D eigenvalue weighted by molar-refractivity contribution is -0.116. The van der Waals surface area contributed by atoms with E-state index in [9.17, 15) is 9.90 Å². The van der Waals surface area contributed by atoms with Crippen molar-refractivity contribution in [1.29, 1.82) is 0 Å². The molecular formula is C28H37NO2. The van der Waals surface area contributed by atoms with Gasteiger partial charge in [0, 0.05) is 6.08 Å². The van der Waals surface area contributed by atoms with Gasteiger partial charge in [-0.1, -0.05) is 116 Å². The molecule has 0 aromatic carbocycles. The monoisotopic (exact) mass is 419 g/mol. The highest BCUT2D eigenvalue weighted by molar-refractivity contribution is 5.88. The first-order valence-electron chi connectivity index (χ1n) is 11.0. The fourth-order valence-electron chi connectivity index (χ4n) is 2.66. The summed E-state index contributed by atoms with van der Waals surface area (Å²) in [6.45, 7) is 6.14. The molecule has 0 saturated carbocycles. The summed E-state index contributed by atoms with van der Waals surface area (Å²) >= 11 is 0. The number of allylic oxidation sites excluding steroid dienone is 13. The largest absolute Gasteiger partial charge is 0.389 e. The van der Waals surface area contributed by atoms with E-state index in [-0.39, 0.29) is 11.9 Å². The fourth-order valence-corrected chi connectivity index (χ4v) is 2.66. The van der Waals surface area contributed by atoms with Crippen LogP contribution in [0.3, 0.4) is 0 Å². The van der Waals surface area contributed by atoms with E-state index in [2.05, 4.69) is 30.5 Å². The molecule has 0 unspecified atom stereocenters. The Morgan fingerprint density at radius 3 is 2.48 bits per heavy atom. The molecule has 1 amide bonds. The topological polar surface area (TPSA) is 49.3 Å². The highest BCUT2D eigenvalue weighted by Crippen LogP contribution is 2.05. The average molecular weight is 420 g/mol. The first-order chi connectivity index (χ1) is 15.0. The standard InChI is InChI=1S/C28H37NO2/c1-4-5-6-7-8-9-18-26-19-14-17-24(2)15-10-12-20-27(30)23-22-25(3)16-11-13-21-28(31)29-26/h6-17,19-22,26-27,30H,4-5,18,23H2,1-3H3,(H,29,31)/b7-6+,9-8+,15-10+,16-11+,19-14+,20-12-,21-13+,24-17+,25-22+/t26-,27-/m1/s1. The first-order valence-corrected chi connectivity index (χ1v) is 11.0. The summed E-state index contributed by atoms with van der Waals surface area (Å²) in [7, 11) is 0. The highest BCUT2D eigenvalue weighted by atomic mass is 16.3. The van der Waals surface area contributed by atoms with Crippen molar-refractivity contribution in [2.75, 3.05) is 0 Å². The molecule has 0 fully saturated rings. The van der Waals surface area contributed by atoms with E-state index >= 15 is 0 Å². The van der Waals surface area contributed by atoms with Crippen LogP contribution in [0.15, 0.2) is 108 Å². The summed E-state index contributed by atoms with van der Waals surface area (Å²) in [5.41, 5.74) is 2.11. The third-order valence-electron chi connectivity index (χ3n) is 4.46. The second-order valence-electron chi connectivity index (χ2n) is 7.50. The van der Waals surface area contributed by atoms with Crippen LogP contribution in [0.5, 0.6) is 0 Å². The van der Waals surface area contributed by atoms with Gasteiger partial charge in [-0.25, -0.2) is 0 Å². The van der Waals surface area contributed by atoms with Gasteiger partial charge in [-0.05, 0) is 33.1 Å². The third-order valence-corrected chi connectivity index (χ3v) is 4.46. The number of aliphatic hydroxyl groups is 1. The van der Waals surface area contributed by atoms with Crippen LogP contribution >= 0.6 is 0 Å². The predicted octanol–water partition coefficient (Wildman–Crippen LogP) is 6.21. The average Bonchev–Trinajstić information content (AvgIpc) is 2.74. The normalized spacial score (nSPS) is 30.1. The minimum Gasteiger partial charge on any atom is -0.389 e. The summed E-state index contributed by atoms with van der Waals surface area (Å²) in [6.07, 6.45) is 33.8. The predicted molar refractivity (Wildman–Crippen MR) is 134 cm³/mol. The van der Waals surface area contributed by atoms with Crippen molar-refractivity contribution in [1.82, 2.24) is 5.32 Å². The number of rotatable bonds is 5. The molecule has 1 heterocycles. The van der Waals surface area contributed by atoms with E-state index in [1.165, 1.54) is 6.08 Å². The second-order valence-corrected chi connectivity index (χ2v) is 7.50. The zero-order chi connectivity index (χ0) is 22.7. The van der Waals surface area contributed by atoms with Gasteiger partial charge < -0.3 is 10.4 Å². The molecule has 31 heavy (non-hydrogen) atoms. The van der Waals surface area contributed by atoms with Gasteiger partial charge >= 0.3 is 0 Å². The number of unbranched alkanes of at least 4 members (excludes halogenated alkanes) is 1. The molecule has 1 rings (SSSR count). The summed E-state index contributed by atoms with van der Waals surface area (Å²) in [6, 6.07) is -0.0938. The van der Waals surface area contributed by atoms with Crippen molar-refractivity contribution in [2.45, 2.75) is 58.6 Å². The van der Waals surface area contributed by atoms with Crippen LogP contribution in [0.25, 0.3) is 0 Å². The minimum atomic E-state index is -0.522. The lowest BCUT2D eigenvalue weighted by atomic mass is 10.1. The SMILES string of the molecule is CCC/C=C/C=C/C[C@@H]1/C=C/C=C(C)/C=C/C=C\[C@@H](O)C/C=C(C)/C=C/C=C/C(=O)N1. The Balaban J connectivity index is 2.97. The van der Waals surface area contributed by atoms with Crippen LogP contribution in [0, 0.1) is 0 Å². The molecule has 0 saturated heterocycles. The fraction of sp³-hybridized carbons (Fsp3) is 0.321. The molecule has 1 aliphatic heterocycles. The molecule has 1 aliphatic rings. The summed E-state index contributed by atoms with van der Waals surface area (Å²) in [5.74, 6) is -0.131. The Morgan fingerprint density at radius 1 is 0.968 bits per heavy atom. The van der Waals surface area contributed by atoms with Crippen LogP contribution < -0.4 is 5.32 Å². The number of hydrogen-bond donors (Lipinski definition) is 2. The lowest BCUT2D eigenvalue weighted by Gasteiger charge is -2.11. The van der Waals surface area contributed by atoms with E-state index in [0.29, 0.717) is 12.8 Å². The van der Waals surface area contributed by atoms with E-state index in [4.69, 9.17) is 0 Å². The van der Waals surface area contributed by atoms with Crippen molar-refractivity contribution in [3.05, 3.63) is 108 Å². The molecule has 0 spiro atoms. The zero-order valence-corrected chi connectivity index (χ0v) is 19.1. The Kier molecular flexibility index (Phi) is 14.2. The van der Waals surface area contributed by atoms with Gasteiger partial charge in [-0.2, -0.15) is 0 Å². The van der Waals surface area contributed by atoms with E-state index < -0.39 is 6.10 Å². The van der Waals surface area contributed by atoms with Crippen molar-refractivity contribution in [3.63, 3.8) is 0 Å². The number of carbonyl (C=O) groups excluding carboxylic acids is 1. The molecule has 0 aromatic heterocycles. The van der Waals surface area contributed by atoms with Crippen LogP contribution in [-0.2, 0) is 4.79 Å². The van der Waals surface area contributed by atoms with Gasteiger partial charge in [-0.3, -0.25) is 4.79 Å². The van der Waals surface area contributed by atoms with Gasteiger partial charge in [-0.15, -0.1) is 0 Å². The number of amides is 1. The van der Waals surface area contributed by atoms with Crippen molar-refractivity contribution >= 4 is 5.91 Å². The maximum Gasteiger partial charge on any atom is 0.244 e. The third kappa shape index (κ3) is 14.7. The van der Waals surface area contributed by atoms with Gasteiger partial charge in [0.1, 0.15) is 0 Å². The van der Waals surface area contributed by atoms with Gasteiger partial charge in [0.25, 0.3) is 0 Å². The van der Waals surface area contributed by atoms with Crippen LogP contribution in [0.4, 0.5) is 0 Å². The molecule has 0 aliphatic carbocycles. The van der Waals surface area contributed by atoms with Crippen LogP contribution in [0.1, 0.15) is 46.5 Å². The van der Waals surface area contributed by atoms with Crippen molar-refractivity contribution in [3.8, 4) is 0 Å². The van der Waals surface area contributed by atoms with Crippen molar-refractivity contribution < 1.29 is 9.90 Å². The molecule has 2 atom stereocenters. The summed E-state index contributed by atoms with van der Waals surface area (Å²) in [4.78, 5) is 12.3. The van der Waals surface area contributed by atoms with Crippen molar-refractivity contribution in [2.24, 2.45) is 0 Å². The van der Waals surface area contributed by atoms with Gasteiger partial charge in [0.2, 0.25) is 5.91 Å². The maximum absolute atomic E-state index is 12.3. The van der Waals surface area contributed by atoms with Gasteiger partial charge in [0.05, 0.1) is 12.1 Å². The Hall–Kier alpha value is -2.91. The van der Waals surface area contributed by atoms with Gasteiger partial charge in [0.15, 0.2) is 0 Å². The smallest absolute Gasteiger partial charge is 0.244 e. The zero-order valence-electron chi connectivity index (χ0n) is 19.1. The number of hydrogen-bond acceptors (Lipinski definition) is 2. The maximum atomic E-state index is 12.3. The van der Waals surface area contributed by atoms with Crippen LogP contribution in [-0.4, -0.2) is 23.2 Å². The lowest BCUT2D eigenvalue weighted by Crippen LogP contribution is -2.31. The van der Waals surface area contributed by atoms with E-state index in [1.54, 1.807) is 12.2 Å². The Morgan fingerprint density at radius 2 is 1.68 bits per heavy atom. The highest BCUT2D eigenvalue weighted by Gasteiger charge is 2.04. The summed E-state index contributed by atoms with van der Waals surface area (Å²) < 4.78 is 0. The number of carbonyl (C=O) groups is 1. The minimum absolute atomic E-state index is 0.0938. The quantitative estimate of drug-likeness (QED) is 0.520. The second kappa shape index (κ2) is 16.8. The number of nitrogens with one attached hydrogen (secondary N) is 1. The first kappa shape index (κ1) is 26.1. The van der Waals surface area contributed by atoms with E-state index in [0.717, 1.165) is 24.0 Å². The Labute approximate surface area is 188 Å². The summed E-state index contributed by atoms with van der Waals surface area (Å²) in [5, 5.41) is 13.1. The van der Waals surface area contributed by atoms with Crippen LogP contribution in [0.2, 0.25) is 0 Å². The molecule has 3 heteroatoms. The molecular weight excluding hydrogens is 382 g/mol. The molecule has 3 nitrogen and oxygen atoms in total. The Bertz CT molecular complexity index is 801. The molecule has 0 radical (unpaired) electrons. The van der Waals surface area contributed by atoms with E-state index in [1.807, 2.05) is 74.6 Å².